The molecule has 0 spiro atoms. The molecule has 100 valence electrons. The summed E-state index contributed by atoms with van der Waals surface area (Å²) in [6.07, 6.45) is -4.33. The molecule has 3 nitrogen and oxygen atoms in total. The maximum absolute atomic E-state index is 12.3. The van der Waals surface area contributed by atoms with Crippen molar-refractivity contribution in [3.8, 4) is 0 Å². The van der Waals surface area contributed by atoms with E-state index in [4.69, 9.17) is 0 Å². The number of rotatable bonds is 3. The van der Waals surface area contributed by atoms with Crippen LogP contribution in [0.3, 0.4) is 0 Å². The van der Waals surface area contributed by atoms with Crippen molar-refractivity contribution in [1.29, 1.82) is 0 Å². The van der Waals surface area contributed by atoms with E-state index in [2.05, 4.69) is 10.6 Å². The largest absolute Gasteiger partial charge is 0.416 e. The van der Waals surface area contributed by atoms with Crippen LogP contribution in [0.5, 0.6) is 0 Å². The van der Waals surface area contributed by atoms with Crippen LogP contribution in [0.1, 0.15) is 25.0 Å². The first kappa shape index (κ1) is 14.3. The van der Waals surface area contributed by atoms with Crippen molar-refractivity contribution < 1.29 is 18.0 Å². The lowest BCUT2D eigenvalue weighted by Gasteiger charge is -2.11. The molecule has 2 N–H and O–H groups in total. The van der Waals surface area contributed by atoms with Gasteiger partial charge >= 0.3 is 12.2 Å². The number of hydrogen-bond donors (Lipinski definition) is 2. The number of hydrogen-bond acceptors (Lipinski definition) is 1. The van der Waals surface area contributed by atoms with Crippen molar-refractivity contribution in [3.05, 3.63) is 35.4 Å². The van der Waals surface area contributed by atoms with Crippen LogP contribution in [0, 0.1) is 0 Å². The molecular weight excluding hydrogens is 245 g/mol. The predicted molar refractivity (Wildman–Crippen MR) is 62.0 cm³/mol. The number of nitrogens with one attached hydrogen (secondary N) is 2. The Hall–Kier alpha value is -1.72. The molecule has 1 aromatic carbocycles. The lowest BCUT2D eigenvalue weighted by atomic mass is 10.1. The van der Waals surface area contributed by atoms with Crippen molar-refractivity contribution >= 4 is 6.03 Å². The Bertz CT molecular complexity index is 399. The Kier molecular flexibility index (Phi) is 4.58. The van der Waals surface area contributed by atoms with Crippen LogP contribution in [0.4, 0.5) is 18.0 Å². The van der Waals surface area contributed by atoms with E-state index in [1.165, 1.54) is 12.1 Å². The third kappa shape index (κ3) is 4.65. The second-order valence-electron chi connectivity index (χ2n) is 4.18. The minimum Gasteiger partial charge on any atom is -0.336 e. The molecule has 0 aliphatic carbocycles. The number of carbonyl (C=O) groups excluding carboxylic acids is 1. The van der Waals surface area contributed by atoms with Gasteiger partial charge in [0.15, 0.2) is 0 Å². The van der Waals surface area contributed by atoms with Gasteiger partial charge in [-0.3, -0.25) is 0 Å². The summed E-state index contributed by atoms with van der Waals surface area (Å²) in [5.74, 6) is 0. The average molecular weight is 260 g/mol. The Morgan fingerprint density at radius 1 is 1.22 bits per heavy atom. The normalized spacial score (nSPS) is 11.4. The van der Waals surface area contributed by atoms with E-state index in [1.54, 1.807) is 0 Å². The Labute approximate surface area is 103 Å². The first-order valence-corrected chi connectivity index (χ1v) is 5.49. The summed E-state index contributed by atoms with van der Waals surface area (Å²) in [5, 5.41) is 5.18. The van der Waals surface area contributed by atoms with E-state index in [9.17, 15) is 18.0 Å². The van der Waals surface area contributed by atoms with Crippen LogP contribution in [0.2, 0.25) is 0 Å². The monoisotopic (exact) mass is 260 g/mol. The van der Waals surface area contributed by atoms with Crippen LogP contribution in [-0.4, -0.2) is 12.1 Å². The van der Waals surface area contributed by atoms with Crippen molar-refractivity contribution in [2.75, 3.05) is 0 Å². The quantitative estimate of drug-likeness (QED) is 0.862. The highest BCUT2D eigenvalue weighted by Gasteiger charge is 2.29. The SMILES string of the molecule is CC(C)NC(=O)NCc1ccc(C(F)(F)F)cc1. The van der Waals surface area contributed by atoms with Crippen molar-refractivity contribution in [2.24, 2.45) is 0 Å². The van der Waals surface area contributed by atoms with Gasteiger partial charge in [0.25, 0.3) is 0 Å². The summed E-state index contributed by atoms with van der Waals surface area (Å²) >= 11 is 0. The molecule has 0 saturated heterocycles. The van der Waals surface area contributed by atoms with Gasteiger partial charge in [-0.05, 0) is 31.5 Å². The van der Waals surface area contributed by atoms with E-state index in [-0.39, 0.29) is 18.6 Å². The zero-order valence-corrected chi connectivity index (χ0v) is 10.1. The Morgan fingerprint density at radius 2 is 1.78 bits per heavy atom. The van der Waals surface area contributed by atoms with Gasteiger partial charge in [-0.15, -0.1) is 0 Å². The maximum atomic E-state index is 12.3. The Morgan fingerprint density at radius 3 is 2.22 bits per heavy atom. The molecule has 0 saturated carbocycles. The van der Waals surface area contributed by atoms with E-state index in [0.717, 1.165) is 12.1 Å². The molecule has 1 aromatic rings. The standard InChI is InChI=1S/C12H15F3N2O/c1-8(2)17-11(18)16-7-9-3-5-10(6-4-9)12(13,14)15/h3-6,8H,7H2,1-2H3,(H2,16,17,18). The molecule has 0 heterocycles. The zero-order valence-electron chi connectivity index (χ0n) is 10.1. The lowest BCUT2D eigenvalue weighted by Crippen LogP contribution is -2.39. The average Bonchev–Trinajstić information content (AvgIpc) is 2.25. The summed E-state index contributed by atoms with van der Waals surface area (Å²) in [4.78, 5) is 11.3. The van der Waals surface area contributed by atoms with Crippen LogP contribution < -0.4 is 10.6 Å². The second-order valence-corrected chi connectivity index (χ2v) is 4.18. The van der Waals surface area contributed by atoms with Gasteiger partial charge in [0, 0.05) is 12.6 Å². The number of amides is 2. The number of halogens is 3. The smallest absolute Gasteiger partial charge is 0.336 e. The molecule has 0 bridgehead atoms. The van der Waals surface area contributed by atoms with E-state index in [0.29, 0.717) is 5.56 Å². The molecule has 6 heteroatoms. The van der Waals surface area contributed by atoms with Crippen LogP contribution in [0.25, 0.3) is 0 Å². The topological polar surface area (TPSA) is 41.1 Å². The number of benzene rings is 1. The van der Waals surface area contributed by atoms with Crippen molar-refractivity contribution in [2.45, 2.75) is 32.6 Å². The summed E-state index contributed by atoms with van der Waals surface area (Å²) < 4.78 is 36.9. The number of carbonyl (C=O) groups is 1. The minimum absolute atomic E-state index is 0.0117. The predicted octanol–water partition coefficient (Wildman–Crippen LogP) is 2.91. The lowest BCUT2D eigenvalue weighted by molar-refractivity contribution is -0.137. The van der Waals surface area contributed by atoms with Crippen LogP contribution in [0.15, 0.2) is 24.3 Å². The van der Waals surface area contributed by atoms with E-state index in [1.807, 2.05) is 13.8 Å². The molecule has 0 aromatic heterocycles. The number of urea groups is 1. The highest BCUT2D eigenvalue weighted by molar-refractivity contribution is 5.74. The molecule has 1 rings (SSSR count). The summed E-state index contributed by atoms with van der Waals surface area (Å²) in [5.41, 5.74) is -0.0835. The molecule has 2 amide bonds. The third-order valence-electron chi connectivity index (χ3n) is 2.15. The molecule has 0 unspecified atom stereocenters. The highest BCUT2D eigenvalue weighted by atomic mass is 19.4. The summed E-state index contributed by atoms with van der Waals surface area (Å²) in [6, 6.07) is 4.36. The first-order valence-electron chi connectivity index (χ1n) is 5.49. The van der Waals surface area contributed by atoms with Crippen LogP contribution in [-0.2, 0) is 12.7 Å². The molecule has 0 atom stereocenters. The maximum Gasteiger partial charge on any atom is 0.416 e. The van der Waals surface area contributed by atoms with Gasteiger partial charge in [0.2, 0.25) is 0 Å². The van der Waals surface area contributed by atoms with Gasteiger partial charge in [-0.1, -0.05) is 12.1 Å². The second kappa shape index (κ2) is 5.75. The molecule has 0 fully saturated rings. The fourth-order valence-electron chi connectivity index (χ4n) is 1.31. The highest BCUT2D eigenvalue weighted by Crippen LogP contribution is 2.28. The molecule has 0 aliphatic rings. The Balaban J connectivity index is 2.52. The summed E-state index contributed by atoms with van der Waals surface area (Å²) in [7, 11) is 0. The van der Waals surface area contributed by atoms with Gasteiger partial charge in [0.1, 0.15) is 0 Å². The van der Waals surface area contributed by atoms with Crippen LogP contribution >= 0.6 is 0 Å². The fourth-order valence-corrected chi connectivity index (χ4v) is 1.31. The third-order valence-corrected chi connectivity index (χ3v) is 2.15. The molecule has 0 aliphatic heterocycles. The van der Waals surface area contributed by atoms with E-state index < -0.39 is 11.7 Å². The van der Waals surface area contributed by atoms with Gasteiger partial charge in [-0.2, -0.15) is 13.2 Å². The fraction of sp³-hybridized carbons (Fsp3) is 0.417. The first-order chi connectivity index (χ1) is 8.29. The molecular formula is C12H15F3N2O. The molecule has 0 radical (unpaired) electrons. The van der Waals surface area contributed by atoms with Crippen molar-refractivity contribution in [1.82, 2.24) is 10.6 Å². The minimum atomic E-state index is -4.33. The summed E-state index contributed by atoms with van der Waals surface area (Å²) in [6.45, 7) is 3.83. The van der Waals surface area contributed by atoms with E-state index >= 15 is 0 Å². The van der Waals surface area contributed by atoms with Crippen molar-refractivity contribution in [3.63, 3.8) is 0 Å². The molecule has 18 heavy (non-hydrogen) atoms. The van der Waals surface area contributed by atoms with Gasteiger partial charge in [0.05, 0.1) is 5.56 Å². The zero-order chi connectivity index (χ0) is 13.8. The van der Waals surface area contributed by atoms with Gasteiger partial charge < -0.3 is 10.6 Å². The number of alkyl halides is 3. The van der Waals surface area contributed by atoms with Gasteiger partial charge in [-0.25, -0.2) is 4.79 Å².